The van der Waals surface area contributed by atoms with E-state index in [1.807, 2.05) is 0 Å². The normalized spacial score (nSPS) is 12.1. The van der Waals surface area contributed by atoms with Crippen molar-refractivity contribution in [3.63, 3.8) is 0 Å². The zero-order valence-corrected chi connectivity index (χ0v) is 40.4. The van der Waals surface area contributed by atoms with Crippen molar-refractivity contribution in [1.29, 1.82) is 0 Å². The first-order chi connectivity index (χ1) is 28.7. The summed E-state index contributed by atoms with van der Waals surface area (Å²) in [6.45, 7) is 11.3. The van der Waals surface area contributed by atoms with E-state index >= 15 is 0 Å². The van der Waals surface area contributed by atoms with Gasteiger partial charge >= 0.3 is 17.9 Å². The molecule has 0 spiro atoms. The number of unbranched alkanes of at least 4 members (excludes halogenated alkanes) is 32. The fraction of sp³-hybridized carbons (Fsp3) is 0.943. The monoisotopic (exact) mass is 835 g/mol. The standard InChI is InChI=1S/C53H102O6/c1-6-7-8-9-10-11-12-13-14-15-16-17-21-24-27-33-38-43-51(54)57-46-50(47-58-52(55)44-39-34-30-29-32-37-42-49(4)5)59-53(56)45-40-35-28-25-22-19-18-20-23-26-31-36-41-48(2)3/h48-50H,6-47H2,1-5H3/t50-/m0/s1. The number of esters is 3. The van der Waals surface area contributed by atoms with Crippen molar-refractivity contribution in [3.05, 3.63) is 0 Å². The molecule has 6 heteroatoms. The van der Waals surface area contributed by atoms with Crippen LogP contribution in [0.3, 0.4) is 0 Å². The molecule has 0 saturated heterocycles. The Bertz CT molecular complexity index is 900. The summed E-state index contributed by atoms with van der Waals surface area (Å²) in [6.07, 6.45) is 46.8. The molecule has 0 aromatic carbocycles. The maximum Gasteiger partial charge on any atom is 0.306 e. The van der Waals surface area contributed by atoms with E-state index in [-0.39, 0.29) is 31.1 Å². The quantitative estimate of drug-likeness (QED) is 0.0345. The molecule has 0 rings (SSSR count). The predicted molar refractivity (Wildman–Crippen MR) is 252 cm³/mol. The molecule has 0 N–H and O–H groups in total. The van der Waals surface area contributed by atoms with Crippen LogP contribution in [0.2, 0.25) is 0 Å². The lowest BCUT2D eigenvalue weighted by Crippen LogP contribution is -2.30. The summed E-state index contributed by atoms with van der Waals surface area (Å²) in [7, 11) is 0. The summed E-state index contributed by atoms with van der Waals surface area (Å²) < 4.78 is 16.8. The molecule has 0 aliphatic rings. The molecule has 0 aromatic heterocycles. The lowest BCUT2D eigenvalue weighted by Gasteiger charge is -2.18. The van der Waals surface area contributed by atoms with Crippen molar-refractivity contribution < 1.29 is 28.6 Å². The summed E-state index contributed by atoms with van der Waals surface area (Å²) in [5.74, 6) is 0.743. The van der Waals surface area contributed by atoms with Crippen LogP contribution in [-0.2, 0) is 28.6 Å². The van der Waals surface area contributed by atoms with E-state index in [4.69, 9.17) is 14.2 Å². The minimum atomic E-state index is -0.762. The molecule has 0 aliphatic heterocycles. The van der Waals surface area contributed by atoms with Crippen molar-refractivity contribution in [2.75, 3.05) is 13.2 Å². The Balaban J connectivity index is 4.25. The van der Waals surface area contributed by atoms with Crippen LogP contribution in [-0.4, -0.2) is 37.2 Å². The van der Waals surface area contributed by atoms with Gasteiger partial charge in [0.2, 0.25) is 0 Å². The predicted octanol–water partition coefficient (Wildman–Crippen LogP) is 16.9. The number of ether oxygens (including phenoxy) is 3. The van der Waals surface area contributed by atoms with Gasteiger partial charge in [-0.05, 0) is 31.1 Å². The van der Waals surface area contributed by atoms with Crippen molar-refractivity contribution in [3.8, 4) is 0 Å². The second-order valence-corrected chi connectivity index (χ2v) is 19.1. The maximum absolute atomic E-state index is 12.8. The summed E-state index contributed by atoms with van der Waals surface area (Å²) in [5.41, 5.74) is 0. The number of rotatable bonds is 47. The Labute approximate surface area is 368 Å². The van der Waals surface area contributed by atoms with E-state index < -0.39 is 6.10 Å². The highest BCUT2D eigenvalue weighted by molar-refractivity contribution is 5.71. The molecule has 59 heavy (non-hydrogen) atoms. The molecule has 0 aromatic rings. The smallest absolute Gasteiger partial charge is 0.306 e. The molecule has 0 bridgehead atoms. The lowest BCUT2D eigenvalue weighted by atomic mass is 10.0. The summed E-state index contributed by atoms with van der Waals surface area (Å²) >= 11 is 0. The van der Waals surface area contributed by atoms with Gasteiger partial charge in [0, 0.05) is 19.3 Å². The lowest BCUT2D eigenvalue weighted by molar-refractivity contribution is -0.167. The van der Waals surface area contributed by atoms with Gasteiger partial charge < -0.3 is 14.2 Å². The summed E-state index contributed by atoms with van der Waals surface area (Å²) in [6, 6.07) is 0. The molecule has 6 nitrogen and oxygen atoms in total. The molecule has 0 radical (unpaired) electrons. The fourth-order valence-corrected chi connectivity index (χ4v) is 7.99. The second-order valence-electron chi connectivity index (χ2n) is 19.1. The molecule has 0 aliphatic carbocycles. The number of carbonyl (C=O) groups excluding carboxylic acids is 3. The summed E-state index contributed by atoms with van der Waals surface area (Å²) in [5, 5.41) is 0. The molecule has 1 atom stereocenters. The molecular formula is C53H102O6. The Morgan fingerprint density at radius 2 is 0.559 bits per heavy atom. The minimum Gasteiger partial charge on any atom is -0.462 e. The topological polar surface area (TPSA) is 78.9 Å². The van der Waals surface area contributed by atoms with Gasteiger partial charge in [-0.3, -0.25) is 14.4 Å². The highest BCUT2D eigenvalue weighted by Crippen LogP contribution is 2.17. The van der Waals surface area contributed by atoms with Crippen LogP contribution < -0.4 is 0 Å². The van der Waals surface area contributed by atoms with Gasteiger partial charge in [-0.1, -0.05) is 253 Å². The SMILES string of the molecule is CCCCCCCCCCCCCCCCCCCC(=O)OC[C@@H](COC(=O)CCCCCCCCC(C)C)OC(=O)CCCCCCCCCCCCCCC(C)C. The number of hydrogen-bond acceptors (Lipinski definition) is 6. The molecule has 0 saturated carbocycles. The molecule has 350 valence electrons. The van der Waals surface area contributed by atoms with Crippen LogP contribution in [0, 0.1) is 11.8 Å². The largest absolute Gasteiger partial charge is 0.462 e. The Hall–Kier alpha value is -1.59. The minimum absolute atomic E-state index is 0.0644. The highest BCUT2D eigenvalue weighted by Gasteiger charge is 2.19. The third-order valence-corrected chi connectivity index (χ3v) is 12.0. The summed E-state index contributed by atoms with van der Waals surface area (Å²) in [4.78, 5) is 37.9. The van der Waals surface area contributed by atoms with Gasteiger partial charge in [-0.25, -0.2) is 0 Å². The van der Waals surface area contributed by atoms with Gasteiger partial charge in [0.1, 0.15) is 13.2 Å². The molecule has 0 amide bonds. The Kier molecular flexibility index (Phi) is 44.7. The van der Waals surface area contributed by atoms with Gasteiger partial charge in [0.05, 0.1) is 0 Å². The zero-order valence-electron chi connectivity index (χ0n) is 40.4. The Morgan fingerprint density at radius 1 is 0.322 bits per heavy atom. The van der Waals surface area contributed by atoms with Gasteiger partial charge in [0.25, 0.3) is 0 Å². The average Bonchev–Trinajstić information content (AvgIpc) is 3.20. The van der Waals surface area contributed by atoms with Crippen LogP contribution in [0.4, 0.5) is 0 Å². The van der Waals surface area contributed by atoms with E-state index in [0.717, 1.165) is 69.6 Å². The third-order valence-electron chi connectivity index (χ3n) is 12.0. The molecule has 0 unspecified atom stereocenters. The van der Waals surface area contributed by atoms with Crippen LogP contribution in [0.25, 0.3) is 0 Å². The van der Waals surface area contributed by atoms with E-state index in [9.17, 15) is 14.4 Å². The Morgan fingerprint density at radius 3 is 0.831 bits per heavy atom. The van der Waals surface area contributed by atoms with Crippen LogP contribution in [0.5, 0.6) is 0 Å². The van der Waals surface area contributed by atoms with E-state index in [1.165, 1.54) is 180 Å². The zero-order chi connectivity index (χ0) is 43.3. The number of carbonyl (C=O) groups is 3. The first-order valence-electron chi connectivity index (χ1n) is 26.2. The van der Waals surface area contributed by atoms with Crippen LogP contribution in [0.15, 0.2) is 0 Å². The molecule has 0 heterocycles. The van der Waals surface area contributed by atoms with E-state index in [0.29, 0.717) is 19.3 Å². The van der Waals surface area contributed by atoms with Crippen molar-refractivity contribution in [2.24, 2.45) is 11.8 Å². The van der Waals surface area contributed by atoms with Crippen LogP contribution in [0.1, 0.15) is 291 Å². The first kappa shape index (κ1) is 57.4. The maximum atomic E-state index is 12.8. The third kappa shape index (κ3) is 47.3. The molecule has 0 fully saturated rings. The van der Waals surface area contributed by atoms with Gasteiger partial charge in [-0.15, -0.1) is 0 Å². The first-order valence-corrected chi connectivity index (χ1v) is 26.2. The molecular weight excluding hydrogens is 733 g/mol. The van der Waals surface area contributed by atoms with E-state index in [1.54, 1.807) is 0 Å². The average molecular weight is 835 g/mol. The van der Waals surface area contributed by atoms with Crippen molar-refractivity contribution in [2.45, 2.75) is 298 Å². The highest BCUT2D eigenvalue weighted by atomic mass is 16.6. The number of hydrogen-bond donors (Lipinski definition) is 0. The van der Waals surface area contributed by atoms with Gasteiger partial charge in [-0.2, -0.15) is 0 Å². The van der Waals surface area contributed by atoms with E-state index in [2.05, 4.69) is 34.6 Å². The fourth-order valence-electron chi connectivity index (χ4n) is 7.99. The van der Waals surface area contributed by atoms with Gasteiger partial charge in [0.15, 0.2) is 6.10 Å². The van der Waals surface area contributed by atoms with Crippen LogP contribution >= 0.6 is 0 Å². The van der Waals surface area contributed by atoms with Crippen molar-refractivity contribution in [1.82, 2.24) is 0 Å². The second kappa shape index (κ2) is 45.9. The van der Waals surface area contributed by atoms with Crippen molar-refractivity contribution >= 4 is 17.9 Å².